The van der Waals surface area contributed by atoms with E-state index >= 15 is 0 Å². The zero-order chi connectivity index (χ0) is 12.5. The predicted octanol–water partition coefficient (Wildman–Crippen LogP) is 1.65. The van der Waals surface area contributed by atoms with Crippen molar-refractivity contribution in [3.63, 3.8) is 0 Å². The quantitative estimate of drug-likeness (QED) is 0.856. The fourth-order valence-electron chi connectivity index (χ4n) is 1.30. The SMILES string of the molecule is CCOCS(=O)(=O)c1nc2ccc(N)cc2s1. The number of rotatable bonds is 4. The molecule has 0 spiro atoms. The number of thiazole rings is 1. The molecule has 17 heavy (non-hydrogen) atoms. The summed E-state index contributed by atoms with van der Waals surface area (Å²) in [5, 5.41) is 0. The van der Waals surface area contributed by atoms with Gasteiger partial charge < -0.3 is 10.5 Å². The third kappa shape index (κ3) is 2.56. The number of nitrogens with two attached hydrogens (primary N) is 1. The Kier molecular flexibility index (Phi) is 3.32. The lowest BCUT2D eigenvalue weighted by Gasteiger charge is -1.99. The van der Waals surface area contributed by atoms with Crippen LogP contribution in [0.15, 0.2) is 22.5 Å². The molecule has 0 saturated heterocycles. The van der Waals surface area contributed by atoms with Gasteiger partial charge >= 0.3 is 0 Å². The lowest BCUT2D eigenvalue weighted by molar-refractivity contribution is 0.192. The lowest BCUT2D eigenvalue weighted by Crippen LogP contribution is -2.09. The minimum absolute atomic E-state index is 0.0755. The first-order chi connectivity index (χ1) is 8.03. The van der Waals surface area contributed by atoms with E-state index in [9.17, 15) is 8.42 Å². The fourth-order valence-corrected chi connectivity index (χ4v) is 3.69. The number of nitrogen functional groups attached to an aromatic ring is 1. The molecule has 0 unspecified atom stereocenters. The Hall–Kier alpha value is -1.18. The molecule has 0 amide bonds. The molecule has 2 aromatic rings. The van der Waals surface area contributed by atoms with Gasteiger partial charge in [-0.05, 0) is 25.1 Å². The molecule has 5 nitrogen and oxygen atoms in total. The largest absolute Gasteiger partial charge is 0.399 e. The number of aromatic nitrogens is 1. The highest BCUT2D eigenvalue weighted by Gasteiger charge is 2.19. The zero-order valence-electron chi connectivity index (χ0n) is 9.21. The molecule has 1 heterocycles. The van der Waals surface area contributed by atoms with Gasteiger partial charge in [-0.15, -0.1) is 11.3 Å². The highest BCUT2D eigenvalue weighted by atomic mass is 32.2. The predicted molar refractivity (Wildman–Crippen MR) is 67.7 cm³/mol. The average Bonchev–Trinajstić information content (AvgIpc) is 2.70. The summed E-state index contributed by atoms with van der Waals surface area (Å²) in [6.45, 7) is 2.10. The Morgan fingerprint density at radius 2 is 2.24 bits per heavy atom. The van der Waals surface area contributed by atoms with Crippen molar-refractivity contribution in [1.82, 2.24) is 4.98 Å². The van der Waals surface area contributed by atoms with Crippen molar-refractivity contribution in [3.05, 3.63) is 18.2 Å². The summed E-state index contributed by atoms with van der Waals surface area (Å²) >= 11 is 1.11. The van der Waals surface area contributed by atoms with Crippen LogP contribution in [-0.4, -0.2) is 25.9 Å². The maximum atomic E-state index is 11.8. The summed E-state index contributed by atoms with van der Waals surface area (Å²) in [6.07, 6.45) is 0. The molecule has 0 aliphatic rings. The Morgan fingerprint density at radius 1 is 1.47 bits per heavy atom. The Labute approximate surface area is 103 Å². The van der Waals surface area contributed by atoms with Gasteiger partial charge in [0.2, 0.25) is 14.2 Å². The van der Waals surface area contributed by atoms with Crippen LogP contribution in [0.4, 0.5) is 5.69 Å². The van der Waals surface area contributed by atoms with Crippen LogP contribution < -0.4 is 5.73 Å². The maximum Gasteiger partial charge on any atom is 0.229 e. The molecule has 0 bridgehead atoms. The summed E-state index contributed by atoms with van der Waals surface area (Å²) < 4.78 is 29.4. The zero-order valence-corrected chi connectivity index (χ0v) is 10.8. The van der Waals surface area contributed by atoms with Crippen LogP contribution in [0.3, 0.4) is 0 Å². The molecule has 2 N–H and O–H groups in total. The molecular formula is C10H12N2O3S2. The van der Waals surface area contributed by atoms with Gasteiger partial charge in [0.25, 0.3) is 0 Å². The smallest absolute Gasteiger partial charge is 0.229 e. The number of anilines is 1. The second-order valence-corrected chi connectivity index (χ2v) is 6.57. The van der Waals surface area contributed by atoms with E-state index in [0.717, 1.165) is 16.0 Å². The molecule has 0 fully saturated rings. The standard InChI is InChI=1S/C10H12N2O3S2/c1-2-15-6-17(13,14)10-12-8-4-3-7(11)5-9(8)16-10/h3-5H,2,6,11H2,1H3. The Bertz CT molecular complexity index is 634. The van der Waals surface area contributed by atoms with E-state index in [1.807, 2.05) is 0 Å². The van der Waals surface area contributed by atoms with Crippen LogP contribution in [0.1, 0.15) is 6.92 Å². The summed E-state index contributed by atoms with van der Waals surface area (Å²) in [7, 11) is -3.45. The molecule has 0 radical (unpaired) electrons. The van der Waals surface area contributed by atoms with E-state index in [4.69, 9.17) is 10.5 Å². The maximum absolute atomic E-state index is 11.8. The molecule has 92 valence electrons. The van der Waals surface area contributed by atoms with Crippen LogP contribution in [-0.2, 0) is 14.6 Å². The summed E-state index contributed by atoms with van der Waals surface area (Å²) in [5.74, 6) is -0.335. The first-order valence-electron chi connectivity index (χ1n) is 4.99. The highest BCUT2D eigenvalue weighted by Crippen LogP contribution is 2.27. The summed E-state index contributed by atoms with van der Waals surface area (Å²) in [5.41, 5.74) is 6.86. The molecule has 1 aromatic heterocycles. The highest BCUT2D eigenvalue weighted by molar-refractivity contribution is 7.93. The van der Waals surface area contributed by atoms with E-state index in [0.29, 0.717) is 17.8 Å². The molecule has 0 aliphatic heterocycles. The number of nitrogens with zero attached hydrogens (tertiary/aromatic N) is 1. The first kappa shape index (κ1) is 12.3. The Morgan fingerprint density at radius 3 is 2.94 bits per heavy atom. The summed E-state index contributed by atoms with van der Waals surface area (Å²) in [6, 6.07) is 5.12. The lowest BCUT2D eigenvalue weighted by atomic mass is 10.3. The van der Waals surface area contributed by atoms with Gasteiger partial charge in [0.15, 0.2) is 5.94 Å². The van der Waals surface area contributed by atoms with Crippen molar-refractivity contribution >= 4 is 37.1 Å². The van der Waals surface area contributed by atoms with E-state index < -0.39 is 9.84 Å². The number of fused-ring (bicyclic) bond motifs is 1. The number of ether oxygens (including phenoxy) is 1. The van der Waals surface area contributed by atoms with Gasteiger partial charge in [0, 0.05) is 12.3 Å². The molecule has 2 rings (SSSR count). The van der Waals surface area contributed by atoms with E-state index in [1.165, 1.54) is 0 Å². The van der Waals surface area contributed by atoms with Crippen molar-refractivity contribution in [1.29, 1.82) is 0 Å². The van der Waals surface area contributed by atoms with Crippen LogP contribution in [0.5, 0.6) is 0 Å². The third-order valence-electron chi connectivity index (χ3n) is 2.10. The first-order valence-corrected chi connectivity index (χ1v) is 7.46. The average molecular weight is 272 g/mol. The van der Waals surface area contributed by atoms with Crippen molar-refractivity contribution in [3.8, 4) is 0 Å². The molecule has 7 heteroatoms. The number of hydrogen-bond acceptors (Lipinski definition) is 6. The van der Waals surface area contributed by atoms with E-state index in [2.05, 4.69) is 4.98 Å². The van der Waals surface area contributed by atoms with Gasteiger partial charge in [-0.2, -0.15) is 0 Å². The van der Waals surface area contributed by atoms with Crippen molar-refractivity contribution in [2.24, 2.45) is 0 Å². The van der Waals surface area contributed by atoms with Crippen molar-refractivity contribution in [2.75, 3.05) is 18.3 Å². The normalized spacial score (nSPS) is 12.1. The third-order valence-corrected chi connectivity index (χ3v) is 5.03. The monoisotopic (exact) mass is 272 g/mol. The van der Waals surface area contributed by atoms with Crippen LogP contribution in [0.25, 0.3) is 10.2 Å². The van der Waals surface area contributed by atoms with Gasteiger partial charge in [-0.25, -0.2) is 13.4 Å². The minimum atomic E-state index is -3.45. The van der Waals surface area contributed by atoms with Gasteiger partial charge in [-0.1, -0.05) is 0 Å². The topological polar surface area (TPSA) is 82.3 Å². The molecular weight excluding hydrogens is 260 g/mol. The molecule has 1 aromatic carbocycles. The number of hydrogen-bond donors (Lipinski definition) is 1. The van der Waals surface area contributed by atoms with E-state index in [1.54, 1.807) is 25.1 Å². The molecule has 0 saturated carbocycles. The molecule has 0 atom stereocenters. The van der Waals surface area contributed by atoms with Gasteiger partial charge in [0.05, 0.1) is 10.2 Å². The van der Waals surface area contributed by atoms with Crippen LogP contribution >= 0.6 is 11.3 Å². The van der Waals surface area contributed by atoms with Crippen LogP contribution in [0, 0.1) is 0 Å². The number of benzene rings is 1. The van der Waals surface area contributed by atoms with Crippen molar-refractivity contribution < 1.29 is 13.2 Å². The van der Waals surface area contributed by atoms with Crippen LogP contribution in [0.2, 0.25) is 0 Å². The van der Waals surface area contributed by atoms with Gasteiger partial charge in [0.1, 0.15) is 0 Å². The minimum Gasteiger partial charge on any atom is -0.399 e. The second kappa shape index (κ2) is 4.59. The fraction of sp³-hybridized carbons (Fsp3) is 0.300. The Balaban J connectivity index is 2.43. The van der Waals surface area contributed by atoms with Crippen molar-refractivity contribution in [2.45, 2.75) is 11.3 Å². The van der Waals surface area contributed by atoms with E-state index in [-0.39, 0.29) is 10.3 Å². The molecule has 0 aliphatic carbocycles. The van der Waals surface area contributed by atoms with Gasteiger partial charge in [-0.3, -0.25) is 0 Å². The summed E-state index contributed by atoms with van der Waals surface area (Å²) in [4.78, 5) is 4.07. The number of sulfone groups is 1. The second-order valence-electron chi connectivity index (χ2n) is 3.43.